The summed E-state index contributed by atoms with van der Waals surface area (Å²) in [7, 11) is 0. The first-order chi connectivity index (χ1) is 8.33. The lowest BCUT2D eigenvalue weighted by Crippen LogP contribution is -2.43. The number of aromatic nitrogens is 2. The van der Waals surface area contributed by atoms with E-state index in [1.165, 1.54) is 0 Å². The average molecular weight is 281 g/mol. The van der Waals surface area contributed by atoms with E-state index >= 15 is 0 Å². The van der Waals surface area contributed by atoms with Gasteiger partial charge in [0.2, 0.25) is 11.0 Å². The van der Waals surface area contributed by atoms with Crippen LogP contribution >= 0.6 is 11.5 Å². The van der Waals surface area contributed by atoms with E-state index in [-0.39, 0.29) is 5.13 Å². The number of alkyl halides is 3. The van der Waals surface area contributed by atoms with Gasteiger partial charge in [-0.05, 0) is 12.8 Å². The van der Waals surface area contributed by atoms with Crippen molar-refractivity contribution < 1.29 is 23.1 Å². The minimum absolute atomic E-state index is 0.105. The Bertz CT molecular complexity index is 454. The molecule has 0 saturated heterocycles. The first kappa shape index (κ1) is 13.1. The molecule has 1 fully saturated rings. The topological polar surface area (TPSA) is 75.1 Å². The maximum Gasteiger partial charge on any atom is 0.452 e. The minimum Gasteiger partial charge on any atom is -0.480 e. The molecule has 1 aromatic heterocycles. The van der Waals surface area contributed by atoms with Gasteiger partial charge in [-0.25, -0.2) is 4.79 Å². The Labute approximate surface area is 104 Å². The number of rotatable bonds is 3. The van der Waals surface area contributed by atoms with Gasteiger partial charge < -0.3 is 10.4 Å². The molecule has 5 nitrogen and oxygen atoms in total. The van der Waals surface area contributed by atoms with Crippen molar-refractivity contribution in [2.45, 2.75) is 37.4 Å². The second kappa shape index (κ2) is 4.38. The molecule has 1 saturated carbocycles. The van der Waals surface area contributed by atoms with E-state index < -0.39 is 23.5 Å². The van der Waals surface area contributed by atoms with Crippen LogP contribution in [0.4, 0.5) is 18.3 Å². The molecule has 1 heterocycles. The monoisotopic (exact) mass is 281 g/mol. The van der Waals surface area contributed by atoms with Crippen LogP contribution in [0, 0.1) is 0 Å². The average Bonchev–Trinajstić information content (AvgIpc) is 2.86. The molecule has 0 unspecified atom stereocenters. The molecule has 0 atom stereocenters. The number of nitrogens with one attached hydrogen (secondary N) is 1. The van der Waals surface area contributed by atoms with Crippen LogP contribution in [0.1, 0.15) is 31.5 Å². The third-order valence-corrected chi connectivity index (χ3v) is 3.52. The molecule has 2 N–H and O–H groups in total. The van der Waals surface area contributed by atoms with Crippen LogP contribution in [0.15, 0.2) is 0 Å². The van der Waals surface area contributed by atoms with Crippen LogP contribution in [0.3, 0.4) is 0 Å². The largest absolute Gasteiger partial charge is 0.480 e. The van der Waals surface area contributed by atoms with E-state index in [9.17, 15) is 18.0 Å². The van der Waals surface area contributed by atoms with Gasteiger partial charge in [-0.15, -0.1) is 0 Å². The van der Waals surface area contributed by atoms with E-state index in [2.05, 4.69) is 14.7 Å². The standard InChI is InChI=1S/C9H10F3N3O2S/c10-9(11,12)5-13-7(18-15-5)14-8(6(16)17)3-1-2-4-8/h1-4H2,(H,16,17)(H,13,14,15). The SMILES string of the molecule is O=C(O)C1(Nc2nc(C(F)(F)F)ns2)CCCC1. The minimum atomic E-state index is -4.61. The number of carboxylic acids is 1. The van der Waals surface area contributed by atoms with Gasteiger partial charge in [0.25, 0.3) is 0 Å². The molecule has 0 aromatic carbocycles. The van der Waals surface area contributed by atoms with Gasteiger partial charge >= 0.3 is 12.1 Å². The third-order valence-electron chi connectivity index (χ3n) is 2.89. The predicted molar refractivity (Wildman–Crippen MR) is 57.4 cm³/mol. The lowest BCUT2D eigenvalue weighted by Gasteiger charge is -2.24. The van der Waals surface area contributed by atoms with Crippen molar-refractivity contribution in [1.29, 1.82) is 0 Å². The highest BCUT2D eigenvalue weighted by atomic mass is 32.1. The summed E-state index contributed by atoms with van der Waals surface area (Å²) in [5, 5.41) is 11.7. The number of aliphatic carboxylic acids is 1. The predicted octanol–water partition coefficient (Wildman–Crippen LogP) is 2.37. The molecular weight excluding hydrogens is 271 g/mol. The van der Waals surface area contributed by atoms with Crippen molar-refractivity contribution in [2.24, 2.45) is 0 Å². The van der Waals surface area contributed by atoms with E-state index in [1.54, 1.807) is 0 Å². The molecule has 1 aromatic rings. The number of nitrogens with zero attached hydrogens (tertiary/aromatic N) is 2. The number of halogens is 3. The summed E-state index contributed by atoms with van der Waals surface area (Å²) in [4.78, 5) is 14.5. The van der Waals surface area contributed by atoms with Crippen LogP contribution in [-0.4, -0.2) is 26.0 Å². The Morgan fingerprint density at radius 2 is 2.00 bits per heavy atom. The first-order valence-corrected chi connectivity index (χ1v) is 6.03. The Balaban J connectivity index is 2.18. The van der Waals surface area contributed by atoms with Gasteiger partial charge in [0.1, 0.15) is 5.54 Å². The van der Waals surface area contributed by atoms with Crippen molar-refractivity contribution >= 4 is 22.6 Å². The molecule has 1 aliphatic carbocycles. The molecule has 0 spiro atoms. The highest BCUT2D eigenvalue weighted by Crippen LogP contribution is 2.35. The molecule has 0 bridgehead atoms. The van der Waals surface area contributed by atoms with E-state index in [0.717, 1.165) is 12.8 Å². The fraction of sp³-hybridized carbons (Fsp3) is 0.667. The molecule has 2 rings (SSSR count). The zero-order valence-corrected chi connectivity index (χ0v) is 9.94. The third kappa shape index (κ3) is 2.40. The van der Waals surface area contributed by atoms with Crippen LogP contribution in [0.25, 0.3) is 0 Å². The summed E-state index contributed by atoms with van der Waals surface area (Å²) in [5.41, 5.74) is -1.21. The van der Waals surface area contributed by atoms with Crippen LogP contribution < -0.4 is 5.32 Å². The molecule has 1 aliphatic rings. The molecule has 9 heteroatoms. The fourth-order valence-electron chi connectivity index (χ4n) is 1.96. The number of hydrogen-bond acceptors (Lipinski definition) is 5. The van der Waals surface area contributed by atoms with E-state index in [0.29, 0.717) is 24.4 Å². The molecule has 0 aliphatic heterocycles. The number of carbonyl (C=O) groups is 1. The maximum atomic E-state index is 12.3. The number of hydrogen-bond donors (Lipinski definition) is 2. The zero-order chi connectivity index (χ0) is 13.4. The Morgan fingerprint density at radius 3 is 2.44 bits per heavy atom. The maximum absolute atomic E-state index is 12.3. The van der Waals surface area contributed by atoms with Crippen molar-refractivity contribution in [3.05, 3.63) is 5.82 Å². The highest BCUT2D eigenvalue weighted by molar-refractivity contribution is 7.09. The lowest BCUT2D eigenvalue weighted by molar-refractivity contribution is -0.144. The van der Waals surface area contributed by atoms with Crippen molar-refractivity contribution in [3.63, 3.8) is 0 Å². The lowest BCUT2D eigenvalue weighted by atomic mass is 9.98. The summed E-state index contributed by atoms with van der Waals surface area (Å²) in [5.74, 6) is -2.31. The van der Waals surface area contributed by atoms with Gasteiger partial charge in [-0.2, -0.15) is 22.5 Å². The van der Waals surface area contributed by atoms with Gasteiger partial charge in [0.15, 0.2) is 0 Å². The highest BCUT2D eigenvalue weighted by Gasteiger charge is 2.43. The molecule has 100 valence electrons. The summed E-state index contributed by atoms with van der Waals surface area (Å²) in [6, 6.07) is 0. The Hall–Kier alpha value is -1.38. The molecular formula is C9H10F3N3O2S. The zero-order valence-electron chi connectivity index (χ0n) is 9.12. The number of anilines is 1. The first-order valence-electron chi connectivity index (χ1n) is 5.26. The normalized spacial score (nSPS) is 18.8. The van der Waals surface area contributed by atoms with Crippen molar-refractivity contribution in [1.82, 2.24) is 9.36 Å². The summed E-state index contributed by atoms with van der Waals surface area (Å²) in [6.45, 7) is 0. The molecule has 0 amide bonds. The summed E-state index contributed by atoms with van der Waals surface area (Å²) >= 11 is 0.524. The second-order valence-electron chi connectivity index (χ2n) is 4.14. The Morgan fingerprint density at radius 1 is 1.39 bits per heavy atom. The van der Waals surface area contributed by atoms with E-state index in [1.807, 2.05) is 0 Å². The smallest absolute Gasteiger partial charge is 0.452 e. The number of carboxylic acid groups (broad SMARTS) is 1. The van der Waals surface area contributed by atoms with Gasteiger partial charge in [-0.1, -0.05) is 12.8 Å². The second-order valence-corrected chi connectivity index (χ2v) is 4.89. The Kier molecular flexibility index (Phi) is 3.18. The quantitative estimate of drug-likeness (QED) is 0.889. The van der Waals surface area contributed by atoms with Crippen molar-refractivity contribution in [3.8, 4) is 0 Å². The van der Waals surface area contributed by atoms with Gasteiger partial charge in [0.05, 0.1) is 0 Å². The van der Waals surface area contributed by atoms with Crippen molar-refractivity contribution in [2.75, 3.05) is 5.32 Å². The molecule has 0 radical (unpaired) electrons. The molecule has 18 heavy (non-hydrogen) atoms. The van der Waals surface area contributed by atoms with E-state index in [4.69, 9.17) is 5.11 Å². The van der Waals surface area contributed by atoms with Crippen LogP contribution in [0.5, 0.6) is 0 Å². The van der Waals surface area contributed by atoms with Gasteiger partial charge in [0, 0.05) is 11.5 Å². The summed E-state index contributed by atoms with van der Waals surface area (Å²) in [6.07, 6.45) is -2.40. The van der Waals surface area contributed by atoms with Crippen LogP contribution in [0.2, 0.25) is 0 Å². The van der Waals surface area contributed by atoms with Gasteiger partial charge in [-0.3, -0.25) is 0 Å². The fourth-order valence-corrected chi connectivity index (χ4v) is 2.65. The van der Waals surface area contributed by atoms with Crippen LogP contribution in [-0.2, 0) is 11.0 Å². The summed E-state index contributed by atoms with van der Waals surface area (Å²) < 4.78 is 40.1.